The number of likely N-dealkylation sites (N-methyl/N-ethyl adjacent to an activating group) is 1. The Labute approximate surface area is 214 Å². The zero-order chi connectivity index (χ0) is 25.2. The van der Waals surface area contributed by atoms with E-state index in [0.717, 1.165) is 35.1 Å². The number of aryl methyl sites for hydroxylation is 1. The van der Waals surface area contributed by atoms with Gasteiger partial charge in [-0.25, -0.2) is 0 Å². The second-order valence-corrected chi connectivity index (χ2v) is 12.5. The van der Waals surface area contributed by atoms with E-state index in [9.17, 15) is 9.59 Å². The largest absolute Gasteiger partial charge is 0.338 e. The predicted octanol–water partition coefficient (Wildman–Crippen LogP) is 6.13. The molecule has 190 valence electrons. The van der Waals surface area contributed by atoms with E-state index in [0.29, 0.717) is 36.1 Å². The van der Waals surface area contributed by atoms with Gasteiger partial charge in [-0.3, -0.25) is 14.6 Å². The van der Waals surface area contributed by atoms with Crippen molar-refractivity contribution in [2.75, 3.05) is 12.4 Å². The molecule has 7 atom stereocenters. The van der Waals surface area contributed by atoms with E-state index < -0.39 is 0 Å². The molecule has 3 fully saturated rings. The maximum Gasteiger partial charge on any atom is 0.246 e. The van der Waals surface area contributed by atoms with Gasteiger partial charge in [-0.1, -0.05) is 38.1 Å². The lowest BCUT2D eigenvalue weighted by Gasteiger charge is -2.60. The number of fused-ring (bicyclic) bond motifs is 6. The number of pyridine rings is 1. The van der Waals surface area contributed by atoms with Crippen LogP contribution in [0, 0.1) is 41.4 Å². The van der Waals surface area contributed by atoms with Gasteiger partial charge in [0.2, 0.25) is 11.8 Å². The molecule has 2 amide bonds. The number of nitrogens with one attached hydrogen (secondary N) is 1. The molecule has 5 heteroatoms. The average Bonchev–Trinajstić information content (AvgIpc) is 3.18. The van der Waals surface area contributed by atoms with E-state index in [1.165, 1.54) is 25.7 Å². The summed E-state index contributed by atoms with van der Waals surface area (Å²) in [6.07, 6.45) is 11.7. The highest BCUT2D eigenvalue weighted by Gasteiger charge is 2.60. The van der Waals surface area contributed by atoms with Gasteiger partial charge in [0.15, 0.2) is 0 Å². The Bertz CT molecular complexity index is 1250. The summed E-state index contributed by atoms with van der Waals surface area (Å²) in [6.45, 7) is 6.84. The highest BCUT2D eigenvalue weighted by molar-refractivity contribution is 5.94. The molecular formula is C31H39N3O2. The van der Waals surface area contributed by atoms with Gasteiger partial charge in [0.05, 0.1) is 16.9 Å². The standard InChI is InChI=1S/C31H39N3O2/c1-19-26(17-20-7-5-6-8-25(20)32-19)33-28(35)18-21-9-11-23-22-10-12-27-31(3,16-14-29(36)34(27)4)24(22)13-15-30(21,23)2/h5-8,14,16-17,21-24,27H,9-13,15,18H2,1-4H3,(H,33,35)/t21-,22+,23+,24+,27-,30-,31-/m1/s1. The van der Waals surface area contributed by atoms with Crippen LogP contribution in [-0.2, 0) is 9.59 Å². The van der Waals surface area contributed by atoms with E-state index in [4.69, 9.17) is 0 Å². The van der Waals surface area contributed by atoms with Gasteiger partial charge in [0.1, 0.15) is 0 Å². The molecule has 6 rings (SSSR count). The molecule has 5 nitrogen and oxygen atoms in total. The SMILES string of the molecule is Cc1nc2ccccc2cc1NC(=O)C[C@H]1CC[C@H]2[C@@H]3CC[C@H]4N(C)C(=O)C=C[C@]4(C)[C@H]3CC[C@]12C. The van der Waals surface area contributed by atoms with Crippen LogP contribution < -0.4 is 5.32 Å². The molecule has 1 aliphatic heterocycles. The number of carbonyl (C=O) groups excluding carboxylic acids is 2. The lowest BCUT2D eigenvalue weighted by atomic mass is 9.47. The van der Waals surface area contributed by atoms with E-state index in [1.54, 1.807) is 0 Å². The minimum atomic E-state index is 0.0724. The number of anilines is 1. The number of aromatic nitrogens is 1. The lowest BCUT2D eigenvalue weighted by molar-refractivity contribution is -0.139. The maximum absolute atomic E-state index is 13.3. The molecule has 1 aromatic carbocycles. The van der Waals surface area contributed by atoms with Crippen molar-refractivity contribution in [1.82, 2.24) is 9.88 Å². The Hall–Kier alpha value is -2.69. The molecule has 0 unspecified atom stereocenters. The van der Waals surface area contributed by atoms with Gasteiger partial charge >= 0.3 is 0 Å². The summed E-state index contributed by atoms with van der Waals surface area (Å²) >= 11 is 0. The number of benzene rings is 1. The Kier molecular flexibility index (Phi) is 5.55. The van der Waals surface area contributed by atoms with Gasteiger partial charge in [-0.15, -0.1) is 0 Å². The number of nitrogens with zero attached hydrogens (tertiary/aromatic N) is 2. The second-order valence-electron chi connectivity index (χ2n) is 12.5. The Morgan fingerprint density at radius 3 is 2.75 bits per heavy atom. The Balaban J connectivity index is 1.18. The molecule has 3 aliphatic carbocycles. The fourth-order valence-corrected chi connectivity index (χ4v) is 8.95. The fourth-order valence-electron chi connectivity index (χ4n) is 8.95. The van der Waals surface area contributed by atoms with Gasteiger partial charge in [0, 0.05) is 30.3 Å². The molecule has 4 aliphatic rings. The van der Waals surface area contributed by atoms with Crippen molar-refractivity contribution >= 4 is 28.4 Å². The first-order chi connectivity index (χ1) is 17.2. The van der Waals surface area contributed by atoms with E-state index in [1.807, 2.05) is 49.2 Å². The van der Waals surface area contributed by atoms with Crippen molar-refractivity contribution in [3.05, 3.63) is 48.2 Å². The monoisotopic (exact) mass is 485 g/mol. The minimum Gasteiger partial charge on any atom is -0.338 e. The van der Waals surface area contributed by atoms with E-state index in [2.05, 4.69) is 36.3 Å². The van der Waals surface area contributed by atoms with Crippen LogP contribution in [0.5, 0.6) is 0 Å². The normalized spacial score (nSPS) is 37.4. The Morgan fingerprint density at radius 1 is 1.11 bits per heavy atom. The van der Waals surface area contributed by atoms with E-state index >= 15 is 0 Å². The molecule has 2 aromatic rings. The van der Waals surface area contributed by atoms with Crippen LogP contribution in [0.15, 0.2) is 42.5 Å². The van der Waals surface area contributed by atoms with Gasteiger partial charge in [-0.2, -0.15) is 0 Å². The smallest absolute Gasteiger partial charge is 0.246 e. The second kappa shape index (κ2) is 8.43. The van der Waals surface area contributed by atoms with Gasteiger partial charge in [0.25, 0.3) is 0 Å². The van der Waals surface area contributed by atoms with E-state index in [-0.39, 0.29) is 22.6 Å². The number of rotatable bonds is 3. The first-order valence-electron chi connectivity index (χ1n) is 13.8. The minimum absolute atomic E-state index is 0.0724. The summed E-state index contributed by atoms with van der Waals surface area (Å²) in [6, 6.07) is 10.4. The predicted molar refractivity (Wildman–Crippen MR) is 143 cm³/mol. The summed E-state index contributed by atoms with van der Waals surface area (Å²) < 4.78 is 0. The number of para-hydroxylation sites is 1. The summed E-state index contributed by atoms with van der Waals surface area (Å²) in [5.74, 6) is 2.69. The van der Waals surface area contributed by atoms with Crippen molar-refractivity contribution in [2.45, 2.75) is 71.8 Å². The van der Waals surface area contributed by atoms with Crippen LogP contribution in [0.2, 0.25) is 0 Å². The summed E-state index contributed by atoms with van der Waals surface area (Å²) in [7, 11) is 1.99. The van der Waals surface area contributed by atoms with Crippen LogP contribution in [0.1, 0.15) is 64.5 Å². The van der Waals surface area contributed by atoms with Crippen LogP contribution in [0.4, 0.5) is 5.69 Å². The van der Waals surface area contributed by atoms with Crippen LogP contribution in [0.25, 0.3) is 10.9 Å². The average molecular weight is 486 g/mol. The van der Waals surface area contributed by atoms with Crippen LogP contribution in [-0.4, -0.2) is 34.8 Å². The number of hydrogen-bond acceptors (Lipinski definition) is 3. The molecule has 36 heavy (non-hydrogen) atoms. The van der Waals surface area contributed by atoms with Crippen molar-refractivity contribution < 1.29 is 9.59 Å². The zero-order valence-electron chi connectivity index (χ0n) is 22.1. The number of carbonyl (C=O) groups is 2. The molecule has 0 radical (unpaired) electrons. The van der Waals surface area contributed by atoms with Crippen molar-refractivity contribution in [3.63, 3.8) is 0 Å². The first kappa shape index (κ1) is 23.7. The first-order valence-corrected chi connectivity index (χ1v) is 13.8. The summed E-state index contributed by atoms with van der Waals surface area (Å²) in [5, 5.41) is 4.26. The third-order valence-corrected chi connectivity index (χ3v) is 10.9. The topological polar surface area (TPSA) is 62.3 Å². The van der Waals surface area contributed by atoms with Gasteiger partial charge in [-0.05, 0) is 92.7 Å². The molecule has 1 aromatic heterocycles. The number of amides is 2. The summed E-state index contributed by atoms with van der Waals surface area (Å²) in [4.78, 5) is 32.3. The molecule has 0 spiro atoms. The van der Waals surface area contributed by atoms with Gasteiger partial charge < -0.3 is 10.2 Å². The van der Waals surface area contributed by atoms with Crippen LogP contribution >= 0.6 is 0 Å². The molecule has 0 bridgehead atoms. The summed E-state index contributed by atoms with van der Waals surface area (Å²) in [5.41, 5.74) is 2.95. The third-order valence-electron chi connectivity index (χ3n) is 10.9. The zero-order valence-corrected chi connectivity index (χ0v) is 22.1. The Morgan fingerprint density at radius 2 is 1.92 bits per heavy atom. The highest BCUT2D eigenvalue weighted by Crippen LogP contribution is 2.66. The van der Waals surface area contributed by atoms with Crippen LogP contribution in [0.3, 0.4) is 0 Å². The molecule has 2 heterocycles. The molecule has 1 N–H and O–H groups in total. The lowest BCUT2D eigenvalue weighted by Crippen LogP contribution is -2.59. The third kappa shape index (κ3) is 3.53. The van der Waals surface area contributed by atoms with Crippen molar-refractivity contribution in [2.24, 2.45) is 34.5 Å². The number of hydrogen-bond donors (Lipinski definition) is 1. The molecule has 0 saturated heterocycles. The van der Waals surface area contributed by atoms with Crippen molar-refractivity contribution in [3.8, 4) is 0 Å². The maximum atomic E-state index is 13.3. The quantitative estimate of drug-likeness (QED) is 0.569. The molecular weight excluding hydrogens is 446 g/mol. The fraction of sp³-hybridized carbons (Fsp3) is 0.581. The highest BCUT2D eigenvalue weighted by atomic mass is 16.2. The molecule has 3 saturated carbocycles. The van der Waals surface area contributed by atoms with Crippen molar-refractivity contribution in [1.29, 1.82) is 0 Å².